The average molecular weight is 440 g/mol. The second kappa shape index (κ2) is 8.22. The van der Waals surface area contributed by atoms with Crippen molar-refractivity contribution < 1.29 is 4.79 Å². The topological polar surface area (TPSA) is 35.9 Å². The third kappa shape index (κ3) is 3.70. The Bertz CT molecular complexity index is 1010. The molecule has 4 rings (SSSR count). The summed E-state index contributed by atoms with van der Waals surface area (Å²) >= 11 is 11.9. The Hall–Kier alpha value is -2.08. The fraction of sp³-hybridized carbons (Fsp3) is 0.375. The van der Waals surface area contributed by atoms with E-state index in [0.717, 1.165) is 37.1 Å². The monoisotopic (exact) mass is 439 g/mol. The predicted molar refractivity (Wildman–Crippen MR) is 127 cm³/mol. The first-order chi connectivity index (χ1) is 14.3. The lowest BCUT2D eigenvalue weighted by Crippen LogP contribution is -2.56. The van der Waals surface area contributed by atoms with E-state index in [1.54, 1.807) is 4.90 Å². The molecule has 0 atom stereocenters. The van der Waals surface area contributed by atoms with E-state index in [0.29, 0.717) is 27.3 Å². The van der Waals surface area contributed by atoms with Gasteiger partial charge >= 0.3 is 0 Å². The maximum Gasteiger partial charge on any atom is 0.261 e. The molecule has 0 N–H and O–H groups in total. The highest BCUT2D eigenvalue weighted by Crippen LogP contribution is 2.38. The highest BCUT2D eigenvalue weighted by molar-refractivity contribution is 7.82. The Kier molecular flexibility index (Phi) is 5.80. The van der Waals surface area contributed by atoms with E-state index in [1.807, 2.05) is 55.5 Å². The van der Waals surface area contributed by atoms with Crippen LogP contribution in [0.15, 0.2) is 53.5 Å². The first-order valence-electron chi connectivity index (χ1n) is 10.4. The summed E-state index contributed by atoms with van der Waals surface area (Å²) in [5, 5.41) is 0.663. The van der Waals surface area contributed by atoms with Gasteiger partial charge in [-0.1, -0.05) is 54.2 Å². The van der Waals surface area contributed by atoms with Crippen LogP contribution in [-0.4, -0.2) is 51.2 Å². The molecule has 2 aromatic carbocycles. The Morgan fingerprint density at radius 2 is 1.73 bits per heavy atom. The Balaban J connectivity index is 1.76. The Morgan fingerprint density at radius 1 is 1.10 bits per heavy atom. The predicted octanol–water partition coefficient (Wildman–Crippen LogP) is 5.12. The van der Waals surface area contributed by atoms with E-state index in [4.69, 9.17) is 28.8 Å². The molecule has 6 heteroatoms. The molecular weight excluding hydrogens is 414 g/mol. The average Bonchev–Trinajstić information content (AvgIpc) is 3.00. The summed E-state index contributed by atoms with van der Waals surface area (Å²) in [5.74, 6) is -0.0659. The number of amides is 1. The molecule has 0 aromatic heterocycles. The lowest BCUT2D eigenvalue weighted by Gasteiger charge is -2.43. The lowest BCUT2D eigenvalue weighted by molar-refractivity contribution is 0.0482. The van der Waals surface area contributed by atoms with Gasteiger partial charge in [0.2, 0.25) is 0 Å². The maximum atomic E-state index is 13.7. The van der Waals surface area contributed by atoms with Crippen molar-refractivity contribution in [1.82, 2.24) is 9.80 Å². The number of hydrogen-bond acceptors (Lipinski definition) is 4. The molecule has 2 aliphatic heterocycles. The van der Waals surface area contributed by atoms with Crippen molar-refractivity contribution in [2.24, 2.45) is 4.99 Å². The number of piperidine rings is 1. The normalized spacial score (nSPS) is 18.9. The molecule has 2 aromatic rings. The van der Waals surface area contributed by atoms with Crippen molar-refractivity contribution in [2.45, 2.75) is 45.3 Å². The van der Waals surface area contributed by atoms with Gasteiger partial charge in [0.1, 0.15) is 16.4 Å². The van der Waals surface area contributed by atoms with Gasteiger partial charge in [0.05, 0.1) is 0 Å². The van der Waals surface area contributed by atoms with E-state index < -0.39 is 5.66 Å². The van der Waals surface area contributed by atoms with Crippen molar-refractivity contribution in [3.63, 3.8) is 0 Å². The van der Waals surface area contributed by atoms with Gasteiger partial charge in [0.25, 0.3) is 5.91 Å². The van der Waals surface area contributed by atoms with Crippen molar-refractivity contribution in [2.75, 3.05) is 13.1 Å². The van der Waals surface area contributed by atoms with E-state index in [2.05, 4.69) is 18.7 Å². The van der Waals surface area contributed by atoms with Gasteiger partial charge in [-0.15, -0.1) is 0 Å². The second-order valence-corrected chi connectivity index (χ2v) is 9.16. The van der Waals surface area contributed by atoms with Crippen molar-refractivity contribution in [3.05, 3.63) is 70.2 Å². The van der Waals surface area contributed by atoms with Crippen LogP contribution in [0.1, 0.15) is 48.2 Å². The highest BCUT2D eigenvalue weighted by atomic mass is 35.5. The maximum absolute atomic E-state index is 13.7. The summed E-state index contributed by atoms with van der Waals surface area (Å²) in [4.78, 5) is 23.6. The minimum Gasteiger partial charge on any atom is -0.301 e. The summed E-state index contributed by atoms with van der Waals surface area (Å²) in [6, 6.07) is 15.7. The fourth-order valence-corrected chi connectivity index (χ4v) is 4.89. The third-order valence-electron chi connectivity index (χ3n) is 6.17. The summed E-state index contributed by atoms with van der Waals surface area (Å²) in [6.07, 6.45) is 1.53. The number of thiocarbonyl (C=S) groups is 1. The van der Waals surface area contributed by atoms with Crippen LogP contribution in [-0.2, 0) is 0 Å². The van der Waals surface area contributed by atoms with Crippen LogP contribution >= 0.6 is 23.8 Å². The van der Waals surface area contributed by atoms with Crippen LogP contribution in [0.5, 0.6) is 0 Å². The minimum atomic E-state index is -0.628. The lowest BCUT2D eigenvalue weighted by atomic mass is 9.94. The van der Waals surface area contributed by atoms with Crippen molar-refractivity contribution >= 4 is 40.4 Å². The number of carbonyl (C=O) groups is 1. The number of likely N-dealkylation sites (tertiary alicyclic amines) is 1. The quantitative estimate of drug-likeness (QED) is 0.622. The number of rotatable bonds is 3. The number of carbonyl (C=O) groups excluding carboxylic acids is 1. The molecule has 0 bridgehead atoms. The zero-order valence-corrected chi connectivity index (χ0v) is 19.1. The molecule has 0 radical (unpaired) electrons. The number of nitrogens with zero attached hydrogens (tertiary/aromatic N) is 3. The van der Waals surface area contributed by atoms with E-state index in [1.165, 1.54) is 0 Å². The molecule has 4 nitrogen and oxygen atoms in total. The SMILES string of the molecule is Cc1ccccc1C(=O)N1C(=S)C(c2ccc(Cl)cc2)=NC12CCN(C(C)C)CC2. The Morgan fingerprint density at radius 3 is 2.33 bits per heavy atom. The van der Waals surface area contributed by atoms with Crippen LogP contribution in [0.2, 0.25) is 5.02 Å². The first-order valence-corrected chi connectivity index (χ1v) is 11.2. The van der Waals surface area contributed by atoms with Crippen molar-refractivity contribution in [1.29, 1.82) is 0 Å². The summed E-state index contributed by atoms with van der Waals surface area (Å²) < 4.78 is 0. The van der Waals surface area contributed by atoms with Gasteiger partial charge in [0, 0.05) is 48.1 Å². The molecule has 30 heavy (non-hydrogen) atoms. The van der Waals surface area contributed by atoms with Crippen LogP contribution in [0.25, 0.3) is 0 Å². The van der Waals surface area contributed by atoms with E-state index in [-0.39, 0.29) is 5.91 Å². The smallest absolute Gasteiger partial charge is 0.261 e. The largest absolute Gasteiger partial charge is 0.301 e. The summed E-state index contributed by atoms with van der Waals surface area (Å²) in [7, 11) is 0. The number of aliphatic imine (C=N–C) groups is 1. The Labute approximate surface area is 188 Å². The molecule has 156 valence electrons. The van der Waals surface area contributed by atoms with Crippen LogP contribution in [0, 0.1) is 6.92 Å². The number of halogens is 1. The number of aryl methyl sites for hydroxylation is 1. The molecule has 1 amide bonds. The molecule has 2 aliphatic rings. The van der Waals surface area contributed by atoms with Gasteiger partial charge in [-0.05, 0) is 44.5 Å². The minimum absolute atomic E-state index is 0.0659. The van der Waals surface area contributed by atoms with Gasteiger partial charge in [0.15, 0.2) is 0 Å². The standard InChI is InChI=1S/C24H26ClN3OS/c1-16(2)27-14-12-24(13-15-27)26-21(18-8-10-19(25)11-9-18)23(30)28(24)22(29)20-7-5-4-6-17(20)3/h4-11,16H,12-15H2,1-3H3. The highest BCUT2D eigenvalue weighted by Gasteiger charge is 2.50. The van der Waals surface area contributed by atoms with Gasteiger partial charge < -0.3 is 4.90 Å². The first kappa shape index (κ1) is 21.2. The molecule has 1 saturated heterocycles. The molecule has 0 unspecified atom stereocenters. The van der Waals surface area contributed by atoms with Crippen molar-refractivity contribution in [3.8, 4) is 0 Å². The van der Waals surface area contributed by atoms with Gasteiger partial charge in [-0.3, -0.25) is 14.7 Å². The van der Waals surface area contributed by atoms with E-state index in [9.17, 15) is 4.79 Å². The molecular formula is C24H26ClN3OS. The zero-order chi connectivity index (χ0) is 21.5. The molecule has 1 fully saturated rings. The van der Waals surface area contributed by atoms with Gasteiger partial charge in [-0.2, -0.15) is 0 Å². The zero-order valence-electron chi connectivity index (χ0n) is 17.6. The second-order valence-electron chi connectivity index (χ2n) is 8.34. The van der Waals surface area contributed by atoms with Crippen LogP contribution in [0.3, 0.4) is 0 Å². The molecule has 2 heterocycles. The van der Waals surface area contributed by atoms with Crippen LogP contribution < -0.4 is 0 Å². The molecule has 1 spiro atoms. The van der Waals surface area contributed by atoms with Gasteiger partial charge in [-0.25, -0.2) is 0 Å². The number of hydrogen-bond donors (Lipinski definition) is 0. The number of benzene rings is 2. The van der Waals surface area contributed by atoms with Crippen LogP contribution in [0.4, 0.5) is 0 Å². The van der Waals surface area contributed by atoms with E-state index >= 15 is 0 Å². The summed E-state index contributed by atoms with van der Waals surface area (Å²) in [6.45, 7) is 8.14. The molecule has 0 saturated carbocycles. The fourth-order valence-electron chi connectivity index (χ4n) is 4.35. The summed E-state index contributed by atoms with van der Waals surface area (Å²) in [5.41, 5.74) is 2.60. The molecule has 0 aliphatic carbocycles. The third-order valence-corrected chi connectivity index (χ3v) is 6.80.